The lowest BCUT2D eigenvalue weighted by molar-refractivity contribution is 0.0600. The molecule has 1 aliphatic heterocycles. The van der Waals surface area contributed by atoms with Gasteiger partial charge in [0.25, 0.3) is 0 Å². The Bertz CT molecular complexity index is 1120. The normalized spacial score (nSPS) is 13.7. The fraction of sp³-hybridized carbons (Fsp3) is 0.250. The van der Waals surface area contributed by atoms with E-state index in [0.29, 0.717) is 42.4 Å². The van der Waals surface area contributed by atoms with E-state index in [2.05, 4.69) is 10.3 Å². The van der Waals surface area contributed by atoms with E-state index in [1.54, 1.807) is 30.5 Å². The van der Waals surface area contributed by atoms with E-state index in [9.17, 15) is 13.6 Å². The molecule has 1 aromatic heterocycles. The molecule has 0 amide bonds. The van der Waals surface area contributed by atoms with Gasteiger partial charge in [-0.15, -0.1) is 0 Å². The van der Waals surface area contributed by atoms with Crippen LogP contribution in [0.4, 0.5) is 20.3 Å². The number of fused-ring (bicyclic) bond motifs is 1. The van der Waals surface area contributed by atoms with Crippen molar-refractivity contribution in [3.8, 4) is 5.75 Å². The number of hydrogen-bond donors (Lipinski definition) is 1. The summed E-state index contributed by atoms with van der Waals surface area (Å²) in [7, 11) is 1.35. The van der Waals surface area contributed by atoms with Crippen molar-refractivity contribution >= 4 is 17.5 Å². The summed E-state index contributed by atoms with van der Waals surface area (Å²) in [6.45, 7) is 3.42. The number of rotatable bonds is 6. The molecule has 6 nitrogen and oxygen atoms in total. The van der Waals surface area contributed by atoms with Gasteiger partial charge < -0.3 is 19.7 Å². The quantitative estimate of drug-likeness (QED) is 0.561. The van der Waals surface area contributed by atoms with Crippen molar-refractivity contribution in [1.29, 1.82) is 0 Å². The third kappa shape index (κ3) is 4.49. The summed E-state index contributed by atoms with van der Waals surface area (Å²) < 4.78 is 37.6. The molecule has 0 saturated carbocycles. The molecule has 1 aliphatic rings. The molecule has 0 bridgehead atoms. The molecule has 4 rings (SSSR count). The predicted molar refractivity (Wildman–Crippen MR) is 117 cm³/mol. The highest BCUT2D eigenvalue weighted by Crippen LogP contribution is 2.39. The number of carbonyl (C=O) groups is 1. The van der Waals surface area contributed by atoms with Gasteiger partial charge in [0.1, 0.15) is 18.0 Å². The van der Waals surface area contributed by atoms with Crippen LogP contribution in [0.1, 0.15) is 34.5 Å². The molecule has 2 heterocycles. The fourth-order valence-electron chi connectivity index (χ4n) is 3.67. The van der Waals surface area contributed by atoms with Crippen LogP contribution < -0.4 is 15.0 Å². The van der Waals surface area contributed by atoms with Crippen molar-refractivity contribution in [3.05, 3.63) is 83.1 Å². The van der Waals surface area contributed by atoms with Gasteiger partial charge in [-0.25, -0.2) is 18.6 Å². The average molecular weight is 439 g/mol. The lowest BCUT2D eigenvalue weighted by Gasteiger charge is -2.33. The molecule has 0 fully saturated rings. The highest BCUT2D eigenvalue weighted by Gasteiger charge is 2.24. The third-order valence-corrected chi connectivity index (χ3v) is 5.36. The molecular formula is C24H23F2N3O3. The molecule has 0 spiro atoms. The number of methoxy groups -OCH3 is 1. The van der Waals surface area contributed by atoms with Gasteiger partial charge in [0.05, 0.1) is 25.3 Å². The lowest BCUT2D eigenvalue weighted by Crippen LogP contribution is -2.33. The summed E-state index contributed by atoms with van der Waals surface area (Å²) in [5, 5.41) is 3.40. The zero-order chi connectivity index (χ0) is 22.7. The number of ether oxygens (including phenoxy) is 2. The number of halogens is 2. The number of nitrogens with zero attached hydrogens (tertiary/aromatic N) is 2. The average Bonchev–Trinajstić information content (AvgIpc) is 2.81. The van der Waals surface area contributed by atoms with Crippen LogP contribution in [-0.4, -0.2) is 31.2 Å². The molecule has 1 N–H and O–H groups in total. The maximum absolute atomic E-state index is 13.7. The Morgan fingerprint density at radius 2 is 1.97 bits per heavy atom. The number of anilines is 2. The molecular weight excluding hydrogens is 416 g/mol. The Morgan fingerprint density at radius 3 is 2.69 bits per heavy atom. The van der Waals surface area contributed by atoms with Crippen LogP contribution in [0.5, 0.6) is 5.75 Å². The summed E-state index contributed by atoms with van der Waals surface area (Å²) in [5.74, 6) is -0.836. The van der Waals surface area contributed by atoms with Crippen molar-refractivity contribution in [2.75, 3.05) is 30.5 Å². The summed E-state index contributed by atoms with van der Waals surface area (Å²) in [5.41, 5.74) is 2.85. The SMILES string of the molecule is COC(=O)c1ccc([C@H](C)Nc2nccc3c2N(Cc2ccc(F)c(F)c2)CCO3)cc1. The monoisotopic (exact) mass is 439 g/mol. The van der Waals surface area contributed by atoms with E-state index in [0.717, 1.165) is 17.3 Å². The highest BCUT2D eigenvalue weighted by molar-refractivity contribution is 5.89. The summed E-state index contributed by atoms with van der Waals surface area (Å²) >= 11 is 0. The van der Waals surface area contributed by atoms with Gasteiger partial charge in [-0.2, -0.15) is 0 Å². The lowest BCUT2D eigenvalue weighted by atomic mass is 10.1. The molecule has 1 atom stereocenters. The Hall–Kier alpha value is -3.68. The van der Waals surface area contributed by atoms with Crippen LogP contribution in [0.25, 0.3) is 0 Å². The van der Waals surface area contributed by atoms with E-state index >= 15 is 0 Å². The van der Waals surface area contributed by atoms with Gasteiger partial charge in [0.2, 0.25) is 0 Å². The summed E-state index contributed by atoms with van der Waals surface area (Å²) in [6.07, 6.45) is 1.66. The second-order valence-corrected chi connectivity index (χ2v) is 7.50. The fourth-order valence-corrected chi connectivity index (χ4v) is 3.67. The maximum Gasteiger partial charge on any atom is 0.337 e. The molecule has 0 radical (unpaired) electrons. The first-order chi connectivity index (χ1) is 15.5. The van der Waals surface area contributed by atoms with Gasteiger partial charge in [-0.05, 0) is 42.3 Å². The van der Waals surface area contributed by atoms with Gasteiger partial charge in [-0.1, -0.05) is 18.2 Å². The topological polar surface area (TPSA) is 63.7 Å². The van der Waals surface area contributed by atoms with E-state index in [4.69, 9.17) is 9.47 Å². The van der Waals surface area contributed by atoms with Crippen molar-refractivity contribution < 1.29 is 23.0 Å². The molecule has 0 unspecified atom stereocenters. The first-order valence-electron chi connectivity index (χ1n) is 10.2. The Kier molecular flexibility index (Phi) is 6.20. The van der Waals surface area contributed by atoms with Crippen molar-refractivity contribution in [1.82, 2.24) is 4.98 Å². The maximum atomic E-state index is 13.7. The van der Waals surface area contributed by atoms with Crippen LogP contribution in [0, 0.1) is 11.6 Å². The van der Waals surface area contributed by atoms with Crippen LogP contribution in [0.15, 0.2) is 54.7 Å². The minimum Gasteiger partial charge on any atom is -0.489 e. The number of hydrogen-bond acceptors (Lipinski definition) is 6. The second kappa shape index (κ2) is 9.21. The summed E-state index contributed by atoms with van der Waals surface area (Å²) in [4.78, 5) is 18.2. The molecule has 0 saturated heterocycles. The summed E-state index contributed by atoms with van der Waals surface area (Å²) in [6, 6.07) is 12.7. The minimum atomic E-state index is -0.871. The van der Waals surface area contributed by atoms with Crippen molar-refractivity contribution in [2.24, 2.45) is 0 Å². The number of carbonyl (C=O) groups excluding carboxylic acids is 1. The predicted octanol–water partition coefficient (Wildman–Crippen LogP) is 4.72. The molecule has 32 heavy (non-hydrogen) atoms. The molecule has 0 aliphatic carbocycles. The van der Waals surface area contributed by atoms with Crippen LogP contribution in [0.3, 0.4) is 0 Å². The second-order valence-electron chi connectivity index (χ2n) is 7.50. The van der Waals surface area contributed by atoms with E-state index in [-0.39, 0.29) is 12.0 Å². The molecule has 8 heteroatoms. The largest absolute Gasteiger partial charge is 0.489 e. The van der Waals surface area contributed by atoms with Crippen molar-refractivity contribution in [3.63, 3.8) is 0 Å². The number of benzene rings is 2. The van der Waals surface area contributed by atoms with Crippen LogP contribution >= 0.6 is 0 Å². The zero-order valence-electron chi connectivity index (χ0n) is 17.8. The van der Waals surface area contributed by atoms with Crippen molar-refractivity contribution in [2.45, 2.75) is 19.5 Å². The van der Waals surface area contributed by atoms with Gasteiger partial charge in [0, 0.05) is 18.8 Å². The van der Waals surface area contributed by atoms with E-state index < -0.39 is 11.6 Å². The van der Waals surface area contributed by atoms with Crippen LogP contribution in [0.2, 0.25) is 0 Å². The zero-order valence-corrected chi connectivity index (χ0v) is 17.8. The van der Waals surface area contributed by atoms with Crippen LogP contribution in [-0.2, 0) is 11.3 Å². The smallest absolute Gasteiger partial charge is 0.337 e. The number of aromatic nitrogens is 1. The molecule has 3 aromatic rings. The highest BCUT2D eigenvalue weighted by atomic mass is 19.2. The first kappa shape index (κ1) is 21.5. The molecule has 2 aromatic carbocycles. The number of esters is 1. The van der Waals surface area contributed by atoms with Gasteiger partial charge in [-0.3, -0.25) is 0 Å². The Balaban J connectivity index is 1.58. The number of nitrogens with one attached hydrogen (secondary N) is 1. The Labute approximate surface area is 184 Å². The standard InChI is InChI=1S/C24H23F2N3O3/c1-15(17-4-6-18(7-5-17)24(30)31-2)28-23-22-21(9-10-27-23)32-12-11-29(22)14-16-3-8-19(25)20(26)13-16/h3-10,13,15H,11-12,14H2,1-2H3,(H,27,28)/t15-/m0/s1. The third-order valence-electron chi connectivity index (χ3n) is 5.36. The Morgan fingerprint density at radius 1 is 1.19 bits per heavy atom. The first-order valence-corrected chi connectivity index (χ1v) is 10.2. The van der Waals surface area contributed by atoms with E-state index in [1.807, 2.05) is 24.0 Å². The minimum absolute atomic E-state index is 0.118. The van der Waals surface area contributed by atoms with Gasteiger partial charge in [0.15, 0.2) is 17.5 Å². The van der Waals surface area contributed by atoms with E-state index in [1.165, 1.54) is 13.2 Å². The van der Waals surface area contributed by atoms with Gasteiger partial charge >= 0.3 is 5.97 Å². The molecule has 166 valence electrons. The number of pyridine rings is 1.